The lowest BCUT2D eigenvalue weighted by atomic mass is 9.97. The summed E-state index contributed by atoms with van der Waals surface area (Å²) in [5.74, 6) is 0.526. The summed E-state index contributed by atoms with van der Waals surface area (Å²) in [6.45, 7) is 5.73. The number of nitrogens with one attached hydrogen (secondary N) is 2. The maximum atomic E-state index is 12.5. The summed E-state index contributed by atoms with van der Waals surface area (Å²) in [5.41, 5.74) is 0.589. The predicted molar refractivity (Wildman–Crippen MR) is 102 cm³/mol. The molecule has 1 saturated heterocycles. The van der Waals surface area contributed by atoms with Crippen molar-refractivity contribution >= 4 is 11.8 Å². The van der Waals surface area contributed by atoms with Crippen molar-refractivity contribution in [3.8, 4) is 5.75 Å². The van der Waals surface area contributed by atoms with Crippen LogP contribution in [0.25, 0.3) is 0 Å². The van der Waals surface area contributed by atoms with Crippen LogP contribution in [-0.2, 0) is 4.79 Å². The molecule has 6 heteroatoms. The molecule has 0 spiro atoms. The van der Waals surface area contributed by atoms with Crippen molar-refractivity contribution in [1.82, 2.24) is 15.5 Å². The molecule has 0 bridgehead atoms. The number of amides is 2. The van der Waals surface area contributed by atoms with Gasteiger partial charge < -0.3 is 20.3 Å². The predicted octanol–water partition coefficient (Wildman–Crippen LogP) is 2.19. The van der Waals surface area contributed by atoms with Gasteiger partial charge in [-0.05, 0) is 77.4 Å². The van der Waals surface area contributed by atoms with Crippen LogP contribution in [-0.4, -0.2) is 55.5 Å². The van der Waals surface area contributed by atoms with Gasteiger partial charge >= 0.3 is 0 Å². The van der Waals surface area contributed by atoms with E-state index in [1.54, 1.807) is 24.3 Å². The fourth-order valence-electron chi connectivity index (χ4n) is 3.40. The van der Waals surface area contributed by atoms with E-state index in [0.29, 0.717) is 17.9 Å². The van der Waals surface area contributed by atoms with Crippen LogP contribution < -0.4 is 15.4 Å². The van der Waals surface area contributed by atoms with Gasteiger partial charge in [-0.25, -0.2) is 0 Å². The molecule has 0 aromatic heterocycles. The molecule has 1 fully saturated rings. The molecule has 1 heterocycles. The lowest BCUT2D eigenvalue weighted by Gasteiger charge is -2.38. The molecule has 1 aromatic rings. The monoisotopic (exact) mass is 361 g/mol. The first-order valence-corrected chi connectivity index (χ1v) is 9.49. The topological polar surface area (TPSA) is 70.7 Å². The summed E-state index contributed by atoms with van der Waals surface area (Å²) in [6, 6.07) is 7.45. The number of likely N-dealkylation sites (tertiary alicyclic amines) is 1. The molecule has 0 saturated carbocycles. The summed E-state index contributed by atoms with van der Waals surface area (Å²) in [7, 11) is 1.89. The van der Waals surface area contributed by atoms with Gasteiger partial charge in [-0.2, -0.15) is 0 Å². The molecular formula is C20H31N3O3. The first-order valence-electron chi connectivity index (χ1n) is 9.49. The Hall–Kier alpha value is -2.08. The highest BCUT2D eigenvalue weighted by Crippen LogP contribution is 2.22. The molecule has 0 aliphatic carbocycles. The second-order valence-corrected chi connectivity index (χ2v) is 6.96. The fourth-order valence-corrected chi connectivity index (χ4v) is 3.40. The molecule has 2 unspecified atom stereocenters. The van der Waals surface area contributed by atoms with Crippen LogP contribution in [0.4, 0.5) is 0 Å². The summed E-state index contributed by atoms with van der Waals surface area (Å²) >= 11 is 0. The molecular weight excluding hydrogens is 330 g/mol. The van der Waals surface area contributed by atoms with Gasteiger partial charge in [0, 0.05) is 24.2 Å². The largest absolute Gasteiger partial charge is 0.484 e. The molecule has 26 heavy (non-hydrogen) atoms. The van der Waals surface area contributed by atoms with Gasteiger partial charge in [-0.1, -0.05) is 0 Å². The number of nitrogens with zero attached hydrogens (tertiary/aromatic N) is 1. The Bertz CT molecular complexity index is 578. The average Bonchev–Trinajstić information content (AvgIpc) is 2.63. The van der Waals surface area contributed by atoms with E-state index >= 15 is 0 Å². The van der Waals surface area contributed by atoms with Gasteiger partial charge in [0.15, 0.2) is 6.61 Å². The van der Waals surface area contributed by atoms with E-state index in [9.17, 15) is 9.59 Å². The highest BCUT2D eigenvalue weighted by atomic mass is 16.5. The van der Waals surface area contributed by atoms with Crippen molar-refractivity contribution in [2.75, 3.05) is 26.7 Å². The Morgan fingerprint density at radius 2 is 1.77 bits per heavy atom. The van der Waals surface area contributed by atoms with E-state index < -0.39 is 0 Å². The van der Waals surface area contributed by atoms with Crippen LogP contribution in [0.1, 0.15) is 49.9 Å². The summed E-state index contributed by atoms with van der Waals surface area (Å²) in [4.78, 5) is 26.4. The number of benzene rings is 1. The summed E-state index contributed by atoms with van der Waals surface area (Å²) in [5, 5.41) is 5.92. The molecule has 144 valence electrons. The Morgan fingerprint density at radius 3 is 2.38 bits per heavy atom. The third-order valence-electron chi connectivity index (χ3n) is 4.85. The van der Waals surface area contributed by atoms with Crippen molar-refractivity contribution in [3.63, 3.8) is 0 Å². The number of ether oxygens (including phenoxy) is 1. The molecule has 6 nitrogen and oxygen atoms in total. The maximum absolute atomic E-state index is 12.5. The molecule has 2 atom stereocenters. The van der Waals surface area contributed by atoms with Crippen LogP contribution in [0.15, 0.2) is 24.3 Å². The molecule has 2 amide bonds. The first-order chi connectivity index (χ1) is 12.5. The maximum Gasteiger partial charge on any atom is 0.260 e. The van der Waals surface area contributed by atoms with Crippen LogP contribution >= 0.6 is 0 Å². The summed E-state index contributed by atoms with van der Waals surface area (Å²) < 4.78 is 5.63. The Balaban J connectivity index is 1.81. The van der Waals surface area contributed by atoms with Crippen LogP contribution in [0.3, 0.4) is 0 Å². The Morgan fingerprint density at radius 1 is 1.12 bits per heavy atom. The fraction of sp³-hybridized carbons (Fsp3) is 0.600. The Labute approximate surface area is 156 Å². The number of carbonyl (C=O) groups is 2. The van der Waals surface area contributed by atoms with Crippen molar-refractivity contribution in [2.24, 2.45) is 0 Å². The molecule has 1 aliphatic rings. The third kappa shape index (κ3) is 5.73. The minimum Gasteiger partial charge on any atom is -0.484 e. The first kappa shape index (κ1) is 20.2. The van der Waals surface area contributed by atoms with Gasteiger partial charge in [0.05, 0.1) is 0 Å². The second kappa shape index (κ2) is 10.2. The van der Waals surface area contributed by atoms with E-state index in [1.165, 1.54) is 6.42 Å². The zero-order valence-corrected chi connectivity index (χ0v) is 16.1. The molecule has 1 aromatic carbocycles. The van der Waals surface area contributed by atoms with Gasteiger partial charge in [-0.3, -0.25) is 9.59 Å². The Kier molecular flexibility index (Phi) is 7.91. The lowest BCUT2D eigenvalue weighted by molar-refractivity contribution is -0.139. The smallest absolute Gasteiger partial charge is 0.260 e. The van der Waals surface area contributed by atoms with Crippen LogP contribution in [0.5, 0.6) is 5.75 Å². The zero-order valence-electron chi connectivity index (χ0n) is 16.1. The second-order valence-electron chi connectivity index (χ2n) is 6.96. The van der Waals surface area contributed by atoms with Crippen molar-refractivity contribution in [3.05, 3.63) is 29.8 Å². The van der Waals surface area contributed by atoms with E-state index in [4.69, 9.17) is 4.74 Å². The van der Waals surface area contributed by atoms with Crippen LogP contribution in [0, 0.1) is 0 Å². The zero-order chi connectivity index (χ0) is 18.9. The normalized spacial score (nSPS) is 19.9. The van der Waals surface area contributed by atoms with Gasteiger partial charge in [0.1, 0.15) is 5.75 Å². The lowest BCUT2D eigenvalue weighted by Crippen LogP contribution is -2.49. The van der Waals surface area contributed by atoms with E-state index in [0.717, 1.165) is 25.8 Å². The number of rotatable bonds is 8. The minimum absolute atomic E-state index is 0.0241. The van der Waals surface area contributed by atoms with Crippen molar-refractivity contribution < 1.29 is 14.3 Å². The highest BCUT2D eigenvalue weighted by molar-refractivity contribution is 5.94. The number of hydrogen-bond acceptors (Lipinski definition) is 4. The SMILES string of the molecule is CNCCCNC(=O)c1ccc(OCC(=O)N2C(C)CCCC2C)cc1. The van der Waals surface area contributed by atoms with Crippen LogP contribution in [0.2, 0.25) is 0 Å². The molecule has 2 N–H and O–H groups in total. The van der Waals surface area contributed by atoms with Crippen molar-refractivity contribution in [1.29, 1.82) is 0 Å². The summed E-state index contributed by atoms with van der Waals surface area (Å²) in [6.07, 6.45) is 4.16. The molecule has 0 radical (unpaired) electrons. The highest BCUT2D eigenvalue weighted by Gasteiger charge is 2.28. The van der Waals surface area contributed by atoms with E-state index in [-0.39, 0.29) is 30.5 Å². The third-order valence-corrected chi connectivity index (χ3v) is 4.85. The van der Waals surface area contributed by atoms with Gasteiger partial charge in [0.2, 0.25) is 0 Å². The average molecular weight is 361 g/mol. The van der Waals surface area contributed by atoms with E-state index in [2.05, 4.69) is 24.5 Å². The van der Waals surface area contributed by atoms with Gasteiger partial charge in [0.25, 0.3) is 11.8 Å². The number of piperidine rings is 1. The van der Waals surface area contributed by atoms with Crippen molar-refractivity contribution in [2.45, 2.75) is 51.6 Å². The number of hydrogen-bond donors (Lipinski definition) is 2. The molecule has 2 rings (SSSR count). The number of carbonyl (C=O) groups excluding carboxylic acids is 2. The standard InChI is InChI=1S/C20H31N3O3/c1-15-6-4-7-16(2)23(15)19(24)14-26-18-10-8-17(9-11-18)20(25)22-13-5-12-21-3/h8-11,15-16,21H,4-7,12-14H2,1-3H3,(H,22,25). The minimum atomic E-state index is -0.0975. The van der Waals surface area contributed by atoms with Gasteiger partial charge in [-0.15, -0.1) is 0 Å². The molecule has 1 aliphatic heterocycles. The van der Waals surface area contributed by atoms with E-state index in [1.807, 2.05) is 11.9 Å². The quantitative estimate of drug-likeness (QED) is 0.697.